The largest absolute Gasteiger partial charge is 0.241 e. The van der Waals surface area contributed by atoms with Crippen LogP contribution >= 0.6 is 0 Å². The lowest BCUT2D eigenvalue weighted by Crippen LogP contribution is -1.93. The maximum atomic E-state index is 12.7. The van der Waals surface area contributed by atoms with Crippen molar-refractivity contribution in [1.82, 2.24) is 9.78 Å². The Balaban J connectivity index is 2.48. The SMILES string of the molecule is Fc1c[c]cc(-n2cccn2)c1. The first kappa shape index (κ1) is 7.03. The van der Waals surface area contributed by atoms with Crippen molar-refractivity contribution in [3.05, 3.63) is 48.5 Å². The van der Waals surface area contributed by atoms with Crippen molar-refractivity contribution >= 4 is 0 Å². The zero-order chi connectivity index (χ0) is 8.39. The number of halogens is 1. The van der Waals surface area contributed by atoms with E-state index in [0.717, 1.165) is 0 Å². The van der Waals surface area contributed by atoms with Crippen molar-refractivity contribution in [2.45, 2.75) is 0 Å². The summed E-state index contributed by atoms with van der Waals surface area (Å²) in [7, 11) is 0. The van der Waals surface area contributed by atoms with Crippen LogP contribution in [0.4, 0.5) is 4.39 Å². The van der Waals surface area contributed by atoms with Crippen LogP contribution in [0.1, 0.15) is 0 Å². The Bertz CT molecular complexity index is 368. The maximum Gasteiger partial charge on any atom is 0.125 e. The summed E-state index contributed by atoms with van der Waals surface area (Å²) in [5, 5.41) is 3.96. The fourth-order valence-electron chi connectivity index (χ4n) is 0.985. The van der Waals surface area contributed by atoms with E-state index in [-0.39, 0.29) is 5.82 Å². The van der Waals surface area contributed by atoms with E-state index >= 15 is 0 Å². The van der Waals surface area contributed by atoms with Gasteiger partial charge in [0.2, 0.25) is 0 Å². The summed E-state index contributed by atoms with van der Waals surface area (Å²) in [5.74, 6) is -0.303. The first-order valence-electron chi connectivity index (χ1n) is 3.53. The Morgan fingerprint density at radius 1 is 1.42 bits per heavy atom. The molecule has 0 aliphatic carbocycles. The molecule has 59 valence electrons. The first-order valence-corrected chi connectivity index (χ1v) is 3.53. The van der Waals surface area contributed by atoms with Gasteiger partial charge >= 0.3 is 0 Å². The molecule has 0 atom stereocenters. The van der Waals surface area contributed by atoms with Crippen molar-refractivity contribution in [3.8, 4) is 5.69 Å². The molecule has 1 heterocycles. The van der Waals surface area contributed by atoms with Crippen LogP contribution < -0.4 is 0 Å². The second-order valence-corrected chi connectivity index (χ2v) is 2.36. The van der Waals surface area contributed by atoms with Crippen LogP contribution in [0.2, 0.25) is 0 Å². The average molecular weight is 161 g/mol. The third kappa shape index (κ3) is 1.21. The molecule has 1 radical (unpaired) electrons. The molecular weight excluding hydrogens is 155 g/mol. The molecule has 0 unspecified atom stereocenters. The lowest BCUT2D eigenvalue weighted by atomic mass is 10.3. The number of aromatic nitrogens is 2. The van der Waals surface area contributed by atoms with Crippen molar-refractivity contribution in [2.24, 2.45) is 0 Å². The van der Waals surface area contributed by atoms with Gasteiger partial charge in [-0.1, -0.05) is 0 Å². The Labute approximate surface area is 69.3 Å². The molecule has 0 aliphatic rings. The smallest absolute Gasteiger partial charge is 0.125 e. The highest BCUT2D eigenvalue weighted by molar-refractivity contribution is 5.29. The van der Waals surface area contributed by atoms with Crippen molar-refractivity contribution in [2.75, 3.05) is 0 Å². The zero-order valence-electron chi connectivity index (χ0n) is 6.24. The van der Waals surface area contributed by atoms with Gasteiger partial charge in [0.15, 0.2) is 0 Å². The molecule has 0 fully saturated rings. The van der Waals surface area contributed by atoms with E-state index in [1.807, 2.05) is 0 Å². The van der Waals surface area contributed by atoms with Gasteiger partial charge in [0.25, 0.3) is 0 Å². The van der Waals surface area contributed by atoms with Gasteiger partial charge in [0, 0.05) is 12.4 Å². The van der Waals surface area contributed by atoms with Gasteiger partial charge in [-0.2, -0.15) is 5.10 Å². The van der Waals surface area contributed by atoms with Crippen LogP contribution in [0.5, 0.6) is 0 Å². The fourth-order valence-corrected chi connectivity index (χ4v) is 0.985. The topological polar surface area (TPSA) is 17.8 Å². The van der Waals surface area contributed by atoms with E-state index in [4.69, 9.17) is 0 Å². The first-order chi connectivity index (χ1) is 5.86. The Hall–Kier alpha value is -1.64. The number of benzene rings is 1. The van der Waals surface area contributed by atoms with Crippen LogP contribution in [-0.4, -0.2) is 9.78 Å². The standard InChI is InChI=1S/C9H6FN2/c10-8-3-1-4-9(7-8)12-6-2-5-11-12/h2-7H. The molecule has 2 aromatic rings. The van der Waals surface area contributed by atoms with Gasteiger partial charge < -0.3 is 0 Å². The molecule has 0 saturated carbocycles. The fraction of sp³-hybridized carbons (Fsp3) is 0. The summed E-state index contributed by atoms with van der Waals surface area (Å²) < 4.78 is 14.3. The monoisotopic (exact) mass is 161 g/mol. The molecule has 0 spiro atoms. The summed E-state index contributed by atoms with van der Waals surface area (Å²) >= 11 is 0. The number of hydrogen-bond donors (Lipinski definition) is 0. The van der Waals surface area contributed by atoms with E-state index in [9.17, 15) is 4.39 Å². The highest BCUT2D eigenvalue weighted by Gasteiger charge is 1.96. The van der Waals surface area contributed by atoms with Crippen molar-refractivity contribution in [1.29, 1.82) is 0 Å². The van der Waals surface area contributed by atoms with Crippen LogP contribution in [0.25, 0.3) is 5.69 Å². The summed E-state index contributed by atoms with van der Waals surface area (Å²) in [6.45, 7) is 0. The number of nitrogens with zero attached hydrogens (tertiary/aromatic N) is 2. The molecule has 0 saturated heterocycles. The molecule has 0 amide bonds. The third-order valence-electron chi connectivity index (χ3n) is 1.51. The van der Waals surface area contributed by atoms with Crippen LogP contribution in [0, 0.1) is 11.9 Å². The normalized spacial score (nSPS) is 10.1. The zero-order valence-corrected chi connectivity index (χ0v) is 6.24. The van der Waals surface area contributed by atoms with E-state index in [1.54, 1.807) is 29.2 Å². The van der Waals surface area contributed by atoms with Crippen molar-refractivity contribution < 1.29 is 4.39 Å². The van der Waals surface area contributed by atoms with E-state index < -0.39 is 0 Å². The van der Waals surface area contributed by atoms with Crippen molar-refractivity contribution in [3.63, 3.8) is 0 Å². The van der Waals surface area contributed by atoms with Gasteiger partial charge in [-0.05, 0) is 30.3 Å². The predicted molar refractivity (Wildman–Crippen MR) is 42.4 cm³/mol. The highest BCUT2D eigenvalue weighted by atomic mass is 19.1. The highest BCUT2D eigenvalue weighted by Crippen LogP contribution is 2.06. The molecule has 1 aromatic carbocycles. The molecule has 3 heteroatoms. The third-order valence-corrected chi connectivity index (χ3v) is 1.51. The molecule has 0 bridgehead atoms. The minimum Gasteiger partial charge on any atom is -0.241 e. The maximum absolute atomic E-state index is 12.7. The Kier molecular flexibility index (Phi) is 1.63. The number of rotatable bonds is 1. The molecule has 0 aliphatic heterocycles. The second kappa shape index (κ2) is 2.77. The van der Waals surface area contributed by atoms with Gasteiger partial charge in [-0.25, -0.2) is 9.07 Å². The van der Waals surface area contributed by atoms with E-state index in [2.05, 4.69) is 11.2 Å². The summed E-state index contributed by atoms with van der Waals surface area (Å²) in [6.07, 6.45) is 3.40. The lowest BCUT2D eigenvalue weighted by Gasteiger charge is -1.98. The number of hydrogen-bond acceptors (Lipinski definition) is 1. The predicted octanol–water partition coefficient (Wildman–Crippen LogP) is 1.81. The van der Waals surface area contributed by atoms with Gasteiger partial charge in [-0.3, -0.25) is 0 Å². The minimum atomic E-state index is -0.303. The lowest BCUT2D eigenvalue weighted by molar-refractivity contribution is 0.625. The van der Waals surface area contributed by atoms with Gasteiger partial charge in [0.1, 0.15) is 5.82 Å². The van der Waals surface area contributed by atoms with Gasteiger partial charge in [-0.15, -0.1) is 0 Å². The summed E-state index contributed by atoms with van der Waals surface area (Å²) in [5.41, 5.74) is 0.681. The molecule has 2 nitrogen and oxygen atoms in total. The molecule has 1 aromatic heterocycles. The Morgan fingerprint density at radius 2 is 2.33 bits per heavy atom. The van der Waals surface area contributed by atoms with E-state index in [1.165, 1.54) is 12.1 Å². The van der Waals surface area contributed by atoms with Gasteiger partial charge in [0.05, 0.1) is 5.69 Å². The quantitative estimate of drug-likeness (QED) is 0.623. The molecule has 12 heavy (non-hydrogen) atoms. The summed E-state index contributed by atoms with van der Waals surface area (Å²) in [4.78, 5) is 0. The van der Waals surface area contributed by atoms with Crippen LogP contribution in [-0.2, 0) is 0 Å². The average Bonchev–Trinajstić information content (AvgIpc) is 2.56. The Morgan fingerprint density at radius 3 is 3.00 bits per heavy atom. The minimum absolute atomic E-state index is 0.303. The molecule has 0 N–H and O–H groups in total. The van der Waals surface area contributed by atoms with E-state index in [0.29, 0.717) is 5.69 Å². The molecule has 2 rings (SSSR count). The van der Waals surface area contributed by atoms with Crippen LogP contribution in [0.15, 0.2) is 36.7 Å². The summed E-state index contributed by atoms with van der Waals surface area (Å²) in [6, 6.07) is 8.83. The second-order valence-electron chi connectivity index (χ2n) is 2.36. The molecular formula is C9H6FN2. The van der Waals surface area contributed by atoms with Crippen LogP contribution in [0.3, 0.4) is 0 Å².